The molecule has 6 aromatic rings. The highest BCUT2D eigenvalue weighted by Gasteiger charge is 2.32. The molecule has 1 aliphatic carbocycles. The Kier molecular flexibility index (Phi) is 10.9. The SMILES string of the molecule is CC1=CC2=Nc3cc(Cl)c(N)cc3N(c3ccccc3)C2C=C1NCCCCCCCCNc1cc2c(cc1C)nc1cc(Cl)c(N)cc1[n+]2-c1ccccc1. The first-order valence-electron chi connectivity index (χ1n) is 19.5. The third-order valence-electron chi connectivity index (χ3n) is 10.7. The van der Waals surface area contributed by atoms with E-state index < -0.39 is 0 Å². The van der Waals surface area contributed by atoms with Crippen molar-refractivity contribution in [2.24, 2.45) is 4.99 Å². The number of hydrogen-bond acceptors (Lipinski definition) is 7. The minimum absolute atomic E-state index is 0.0520. The van der Waals surface area contributed by atoms with Gasteiger partial charge in [-0.2, -0.15) is 0 Å². The Morgan fingerprint density at radius 1 is 0.714 bits per heavy atom. The summed E-state index contributed by atoms with van der Waals surface area (Å²) in [5, 5.41) is 8.48. The van der Waals surface area contributed by atoms with E-state index in [0.717, 1.165) is 93.4 Å². The molecule has 0 spiro atoms. The van der Waals surface area contributed by atoms with Crippen LogP contribution in [0.15, 0.2) is 125 Å². The van der Waals surface area contributed by atoms with Gasteiger partial charge in [0, 0.05) is 54.4 Å². The van der Waals surface area contributed by atoms with E-state index in [4.69, 9.17) is 44.6 Å². The third kappa shape index (κ3) is 7.64. The molecule has 56 heavy (non-hydrogen) atoms. The number of rotatable bonds is 13. The van der Waals surface area contributed by atoms with Crippen LogP contribution in [0.4, 0.5) is 34.1 Å². The Morgan fingerprint density at radius 3 is 2.09 bits per heavy atom. The lowest BCUT2D eigenvalue weighted by atomic mass is 9.94. The van der Waals surface area contributed by atoms with E-state index in [1.54, 1.807) is 0 Å². The fraction of sp³-hybridized carbons (Fsp3) is 0.239. The minimum Gasteiger partial charge on any atom is -0.397 e. The van der Waals surface area contributed by atoms with Crippen molar-refractivity contribution >= 4 is 85.1 Å². The molecule has 0 fully saturated rings. The van der Waals surface area contributed by atoms with Gasteiger partial charge in [0.1, 0.15) is 11.0 Å². The van der Waals surface area contributed by atoms with Crippen molar-refractivity contribution < 1.29 is 4.57 Å². The smallest absolute Gasteiger partial charge is 0.239 e. The number of aryl methyl sites for hydroxylation is 1. The molecule has 2 aliphatic rings. The molecule has 6 N–H and O–H groups in total. The molecule has 8 rings (SSSR count). The van der Waals surface area contributed by atoms with Gasteiger partial charge in [-0.15, -0.1) is 4.57 Å². The van der Waals surface area contributed by atoms with Crippen LogP contribution in [0.1, 0.15) is 51.0 Å². The van der Waals surface area contributed by atoms with E-state index in [9.17, 15) is 0 Å². The van der Waals surface area contributed by atoms with Gasteiger partial charge in [-0.3, -0.25) is 0 Å². The predicted octanol–water partition coefficient (Wildman–Crippen LogP) is 10.9. The predicted molar refractivity (Wildman–Crippen MR) is 236 cm³/mol. The largest absolute Gasteiger partial charge is 0.397 e. The molecule has 10 heteroatoms. The lowest BCUT2D eigenvalue weighted by molar-refractivity contribution is -0.538. The van der Waals surface area contributed by atoms with Crippen LogP contribution < -0.4 is 31.6 Å². The maximum atomic E-state index is 6.42. The number of allylic oxidation sites excluding steroid dienone is 1. The highest BCUT2D eigenvalue weighted by atomic mass is 35.5. The van der Waals surface area contributed by atoms with Crippen molar-refractivity contribution in [2.75, 3.05) is 34.8 Å². The van der Waals surface area contributed by atoms with E-state index in [-0.39, 0.29) is 6.04 Å². The number of nitrogen functional groups attached to an aromatic ring is 2. The molecule has 1 unspecified atom stereocenters. The van der Waals surface area contributed by atoms with Gasteiger partial charge < -0.3 is 27.0 Å². The van der Waals surface area contributed by atoms with Crippen molar-refractivity contribution in [3.8, 4) is 5.69 Å². The Balaban J connectivity index is 0.842. The first-order chi connectivity index (χ1) is 27.2. The lowest BCUT2D eigenvalue weighted by Gasteiger charge is -2.38. The molecular formula is C46H47Cl2N8+. The molecule has 8 nitrogen and oxygen atoms in total. The van der Waals surface area contributed by atoms with Gasteiger partial charge in [0.2, 0.25) is 16.7 Å². The second-order valence-corrected chi connectivity index (χ2v) is 15.5. The zero-order valence-corrected chi connectivity index (χ0v) is 33.3. The standard InChI is InChI=1S/C46H46Cl2N8/c1-29-21-39-45(55(31-15-9-7-10-16-31)43-25-35(49)33(47)23-41(43)53-39)27-37(29)51-19-13-5-3-4-6-14-20-52-38-28-46-40(22-30(38)2)54-42-24-34(48)36(50)26-44(42)56(46)32-17-11-8-12-18-32/h7-12,15-18,21-28,45,51H,3-6,13-14,19-20,49H2,1-2H3,(H2,50,52)/p+1. The molecule has 0 radical (unpaired) electrons. The van der Waals surface area contributed by atoms with Crippen LogP contribution in [0.3, 0.4) is 0 Å². The van der Waals surface area contributed by atoms with E-state index in [0.29, 0.717) is 21.4 Å². The van der Waals surface area contributed by atoms with Crippen LogP contribution >= 0.6 is 23.2 Å². The van der Waals surface area contributed by atoms with Crippen molar-refractivity contribution in [2.45, 2.75) is 58.4 Å². The van der Waals surface area contributed by atoms with Crippen LogP contribution in [0.25, 0.3) is 27.8 Å². The number of nitrogens with one attached hydrogen (secondary N) is 2. The van der Waals surface area contributed by atoms with Gasteiger partial charge in [0.05, 0.1) is 44.5 Å². The number of unbranched alkanes of at least 4 members (excludes halogenated alkanes) is 5. The minimum atomic E-state index is -0.0520. The zero-order valence-electron chi connectivity index (χ0n) is 31.8. The Bertz CT molecular complexity index is 2510. The van der Waals surface area contributed by atoms with E-state index >= 15 is 0 Å². The van der Waals surface area contributed by atoms with Crippen LogP contribution in [-0.4, -0.2) is 29.8 Å². The Labute approximate surface area is 338 Å². The summed E-state index contributed by atoms with van der Waals surface area (Å²) in [5.41, 5.74) is 26.8. The number of nitrogens with zero attached hydrogens (tertiary/aromatic N) is 4. The number of para-hydroxylation sites is 2. The number of hydrogen-bond donors (Lipinski definition) is 4. The first kappa shape index (κ1) is 37.4. The van der Waals surface area contributed by atoms with Gasteiger partial charge in [0.25, 0.3) is 0 Å². The average Bonchev–Trinajstić information content (AvgIpc) is 3.19. The number of halogens is 2. The summed E-state index contributed by atoms with van der Waals surface area (Å²) in [6, 6.07) is 32.6. The highest BCUT2D eigenvalue weighted by Crippen LogP contribution is 2.45. The van der Waals surface area contributed by atoms with E-state index in [1.165, 1.54) is 31.3 Å². The van der Waals surface area contributed by atoms with Crippen LogP contribution in [0.2, 0.25) is 10.0 Å². The summed E-state index contributed by atoms with van der Waals surface area (Å²) in [5.74, 6) is 0. The highest BCUT2D eigenvalue weighted by molar-refractivity contribution is 6.34. The van der Waals surface area contributed by atoms with Crippen molar-refractivity contribution in [3.05, 3.63) is 136 Å². The maximum Gasteiger partial charge on any atom is 0.239 e. The normalized spacial score (nSPS) is 14.9. The van der Waals surface area contributed by atoms with E-state index in [1.807, 2.05) is 48.5 Å². The fourth-order valence-corrected chi connectivity index (χ4v) is 8.10. The maximum absolute atomic E-state index is 6.42. The summed E-state index contributed by atoms with van der Waals surface area (Å²) >= 11 is 12.8. The third-order valence-corrected chi connectivity index (χ3v) is 11.4. The molecule has 1 aliphatic heterocycles. The van der Waals surface area contributed by atoms with Gasteiger partial charge in [-0.25, -0.2) is 9.98 Å². The summed E-state index contributed by atoms with van der Waals surface area (Å²) in [6.07, 6.45) is 11.5. The van der Waals surface area contributed by atoms with Crippen molar-refractivity contribution in [3.63, 3.8) is 0 Å². The van der Waals surface area contributed by atoms with Crippen LogP contribution in [-0.2, 0) is 0 Å². The second kappa shape index (κ2) is 16.3. The molecule has 0 amide bonds. The second-order valence-electron chi connectivity index (χ2n) is 14.7. The van der Waals surface area contributed by atoms with Crippen LogP contribution in [0, 0.1) is 6.92 Å². The van der Waals surface area contributed by atoms with Crippen molar-refractivity contribution in [1.29, 1.82) is 0 Å². The summed E-state index contributed by atoms with van der Waals surface area (Å²) in [6.45, 7) is 6.13. The zero-order chi connectivity index (χ0) is 38.8. The average molecular weight is 783 g/mol. The summed E-state index contributed by atoms with van der Waals surface area (Å²) in [7, 11) is 0. The topological polar surface area (TPSA) is 108 Å². The summed E-state index contributed by atoms with van der Waals surface area (Å²) < 4.78 is 2.22. The molecular weight excluding hydrogens is 735 g/mol. The van der Waals surface area contributed by atoms with Gasteiger partial charge in [-0.05, 0) is 86.4 Å². The quantitative estimate of drug-likeness (QED) is 0.0402. The van der Waals surface area contributed by atoms with Gasteiger partial charge in [0.15, 0.2) is 0 Å². The molecule has 284 valence electrons. The fourth-order valence-electron chi connectivity index (χ4n) is 7.78. The first-order valence-corrected chi connectivity index (χ1v) is 20.2. The molecule has 0 saturated carbocycles. The van der Waals surface area contributed by atoms with E-state index in [2.05, 4.69) is 94.6 Å². The monoisotopic (exact) mass is 781 g/mol. The number of aliphatic imine (C=N–C) groups is 1. The Hall–Kier alpha value is -5.57. The summed E-state index contributed by atoms with van der Waals surface area (Å²) in [4.78, 5) is 12.3. The number of fused-ring (bicyclic) bond motifs is 4. The molecule has 1 aromatic heterocycles. The number of anilines is 5. The number of nitrogens with two attached hydrogens (primary N) is 2. The molecule has 0 saturated heterocycles. The molecule has 0 bridgehead atoms. The number of aromatic nitrogens is 2. The van der Waals surface area contributed by atoms with Gasteiger partial charge in [-0.1, -0.05) is 85.3 Å². The lowest BCUT2D eigenvalue weighted by Crippen LogP contribution is -2.41. The van der Waals surface area contributed by atoms with Crippen molar-refractivity contribution in [1.82, 2.24) is 10.3 Å². The van der Waals surface area contributed by atoms with Gasteiger partial charge >= 0.3 is 0 Å². The molecule has 2 heterocycles. The number of benzene rings is 5. The molecule has 1 atom stereocenters. The van der Waals surface area contributed by atoms with Crippen LogP contribution in [0.5, 0.6) is 0 Å². The molecule has 5 aromatic carbocycles. The Morgan fingerprint density at radius 2 is 1.34 bits per heavy atom.